The van der Waals surface area contributed by atoms with Gasteiger partial charge in [-0.15, -0.1) is 0 Å². The van der Waals surface area contributed by atoms with E-state index in [2.05, 4.69) is 62.5 Å². The quantitative estimate of drug-likeness (QED) is 0.0266. The van der Waals surface area contributed by atoms with E-state index in [1.54, 1.807) is 21.1 Å². The summed E-state index contributed by atoms with van der Waals surface area (Å²) < 4.78 is 17.1. The highest BCUT2D eigenvalue weighted by molar-refractivity contribution is 5.70. The van der Waals surface area contributed by atoms with Crippen molar-refractivity contribution in [2.75, 3.05) is 41.0 Å². The fourth-order valence-corrected chi connectivity index (χ4v) is 6.06. The van der Waals surface area contributed by atoms with Gasteiger partial charge in [-0.3, -0.25) is 9.59 Å². The highest BCUT2D eigenvalue weighted by Gasteiger charge is 2.25. The Kier molecular flexibility index (Phi) is 35.9. The average molecular weight is 772 g/mol. The summed E-state index contributed by atoms with van der Waals surface area (Å²) in [6, 6.07) is -0.736. The molecular weight excluding hydrogens is 691 g/mol. The number of aliphatic carboxylic acids is 1. The van der Waals surface area contributed by atoms with Crippen LogP contribution in [-0.2, 0) is 28.6 Å². The Labute approximate surface area is 337 Å². The molecule has 0 amide bonds. The molecule has 316 valence electrons. The van der Waals surface area contributed by atoms with Crippen LogP contribution in [-0.4, -0.2) is 75.5 Å². The maximum atomic E-state index is 12.7. The lowest BCUT2D eigenvalue weighted by Gasteiger charge is -2.34. The molecule has 0 bridgehead atoms. The number of carboxylic acid groups (broad SMARTS) is 1. The minimum atomic E-state index is -1.14. The van der Waals surface area contributed by atoms with Gasteiger partial charge in [0.05, 0.1) is 40.3 Å². The van der Waals surface area contributed by atoms with Gasteiger partial charge in [-0.05, 0) is 44.9 Å². The third kappa shape index (κ3) is 36.4. The number of likely N-dealkylation sites (N-methyl/N-ethyl adjacent to an activating group) is 1. The predicted molar refractivity (Wildman–Crippen MR) is 226 cm³/mol. The van der Waals surface area contributed by atoms with Gasteiger partial charge in [0, 0.05) is 19.3 Å². The van der Waals surface area contributed by atoms with Gasteiger partial charge in [-0.1, -0.05) is 164 Å². The van der Waals surface area contributed by atoms with Gasteiger partial charge in [-0.2, -0.15) is 0 Å². The normalized spacial score (nSPS) is 13.5. The van der Waals surface area contributed by atoms with Crippen LogP contribution in [0, 0.1) is 0 Å². The number of rotatable bonds is 38. The zero-order chi connectivity index (χ0) is 40.7. The minimum absolute atomic E-state index is 0.0174. The third-order valence-corrected chi connectivity index (χ3v) is 9.43. The molecule has 0 radical (unpaired) electrons. The van der Waals surface area contributed by atoms with Gasteiger partial charge in [0.2, 0.25) is 0 Å². The highest BCUT2D eigenvalue weighted by atomic mass is 16.6. The average Bonchev–Trinajstić information content (AvgIpc) is 3.14. The number of carbonyl (C=O) groups is 3. The van der Waals surface area contributed by atoms with Crippen molar-refractivity contribution in [2.45, 2.75) is 180 Å². The van der Waals surface area contributed by atoms with E-state index in [1.807, 2.05) is 12.2 Å². The van der Waals surface area contributed by atoms with Crippen molar-refractivity contribution in [3.05, 3.63) is 60.8 Å². The molecule has 2 unspecified atom stereocenters. The molecule has 0 rings (SSSR count). The number of ether oxygens (including phenoxy) is 3. The Bertz CT molecular complexity index is 1090. The number of esters is 2. The molecular formula is C47H81NO7. The molecule has 0 saturated heterocycles. The third-order valence-electron chi connectivity index (χ3n) is 9.43. The topological polar surface area (TPSA) is 102 Å². The molecule has 0 saturated carbocycles. The van der Waals surface area contributed by atoms with Crippen LogP contribution in [0.1, 0.15) is 168 Å². The molecule has 0 aromatic carbocycles. The van der Waals surface area contributed by atoms with E-state index in [9.17, 15) is 19.5 Å². The molecule has 0 aromatic heterocycles. The number of quaternary nitrogens is 1. The Hall–Kier alpha value is -2.97. The van der Waals surface area contributed by atoms with E-state index >= 15 is 0 Å². The molecule has 0 aliphatic rings. The van der Waals surface area contributed by atoms with Crippen molar-refractivity contribution in [1.29, 1.82) is 0 Å². The molecule has 0 spiro atoms. The Balaban J connectivity index is 4.46. The van der Waals surface area contributed by atoms with Gasteiger partial charge < -0.3 is 28.6 Å². The maximum absolute atomic E-state index is 12.7. The SMILES string of the molecule is CC/C=C/C/C=C/C/C=C/C/C=C/C/C=C/CCC(=O)OCC(COCCC(C(=O)[O-])[N+](C)(C)C)OC(=O)CCCCCCCCCCCCCCCCC. The van der Waals surface area contributed by atoms with Crippen LogP contribution < -0.4 is 5.11 Å². The Morgan fingerprint density at radius 2 is 1.02 bits per heavy atom. The van der Waals surface area contributed by atoms with E-state index in [4.69, 9.17) is 14.2 Å². The van der Waals surface area contributed by atoms with Crippen molar-refractivity contribution in [3.63, 3.8) is 0 Å². The summed E-state index contributed by atoms with van der Waals surface area (Å²) in [4.78, 5) is 36.8. The molecule has 0 N–H and O–H groups in total. The minimum Gasteiger partial charge on any atom is -0.544 e. The number of carbonyl (C=O) groups excluding carboxylic acids is 3. The summed E-state index contributed by atoms with van der Waals surface area (Å²) in [5, 5.41) is 11.6. The summed E-state index contributed by atoms with van der Waals surface area (Å²) >= 11 is 0. The first kappa shape index (κ1) is 52.0. The van der Waals surface area contributed by atoms with E-state index in [1.165, 1.54) is 77.0 Å². The highest BCUT2D eigenvalue weighted by Crippen LogP contribution is 2.15. The summed E-state index contributed by atoms with van der Waals surface area (Å²) in [5.41, 5.74) is 0. The van der Waals surface area contributed by atoms with E-state index in [0.717, 1.165) is 51.4 Å². The van der Waals surface area contributed by atoms with Crippen LogP contribution in [0.15, 0.2) is 60.8 Å². The van der Waals surface area contributed by atoms with Crippen LogP contribution in [0.2, 0.25) is 0 Å². The molecule has 2 atom stereocenters. The fourth-order valence-electron chi connectivity index (χ4n) is 6.06. The van der Waals surface area contributed by atoms with Crippen LogP contribution in [0.3, 0.4) is 0 Å². The zero-order valence-corrected chi connectivity index (χ0v) is 35.8. The maximum Gasteiger partial charge on any atom is 0.306 e. The van der Waals surface area contributed by atoms with E-state index in [0.29, 0.717) is 12.8 Å². The largest absolute Gasteiger partial charge is 0.544 e. The number of hydrogen-bond donors (Lipinski definition) is 0. The first-order valence-corrected chi connectivity index (χ1v) is 21.8. The summed E-state index contributed by atoms with van der Waals surface area (Å²) in [5.74, 6) is -1.84. The van der Waals surface area contributed by atoms with Crippen LogP contribution in [0.5, 0.6) is 0 Å². The summed E-state index contributed by atoms with van der Waals surface area (Å²) in [7, 11) is 5.38. The van der Waals surface area contributed by atoms with Crippen LogP contribution in [0.4, 0.5) is 0 Å². The van der Waals surface area contributed by atoms with Crippen LogP contribution in [0.25, 0.3) is 0 Å². The second-order valence-corrected chi connectivity index (χ2v) is 15.6. The molecule has 0 aliphatic carbocycles. The van der Waals surface area contributed by atoms with Crippen molar-refractivity contribution in [3.8, 4) is 0 Å². The fraction of sp³-hybridized carbons (Fsp3) is 0.723. The van der Waals surface area contributed by atoms with E-state index < -0.39 is 18.1 Å². The smallest absolute Gasteiger partial charge is 0.306 e. The predicted octanol–water partition coefficient (Wildman–Crippen LogP) is 10.5. The molecule has 0 aliphatic heterocycles. The zero-order valence-electron chi connectivity index (χ0n) is 35.8. The summed E-state index contributed by atoms with van der Waals surface area (Å²) in [6.07, 6.45) is 45.4. The van der Waals surface area contributed by atoms with Crippen molar-refractivity contribution in [1.82, 2.24) is 0 Å². The van der Waals surface area contributed by atoms with Gasteiger partial charge in [-0.25, -0.2) is 0 Å². The first-order chi connectivity index (χ1) is 26.6. The number of carboxylic acids is 1. The van der Waals surface area contributed by atoms with Crippen LogP contribution >= 0.6 is 0 Å². The van der Waals surface area contributed by atoms with Gasteiger partial charge >= 0.3 is 11.9 Å². The number of hydrogen-bond acceptors (Lipinski definition) is 7. The second-order valence-electron chi connectivity index (χ2n) is 15.6. The molecule has 0 aromatic rings. The molecule has 0 fully saturated rings. The Morgan fingerprint density at radius 1 is 0.564 bits per heavy atom. The van der Waals surface area contributed by atoms with Crippen molar-refractivity contribution < 1.29 is 38.2 Å². The Morgan fingerprint density at radius 3 is 1.47 bits per heavy atom. The number of allylic oxidation sites excluding steroid dienone is 10. The first-order valence-electron chi connectivity index (χ1n) is 21.8. The standard InChI is InChI=1S/C47H81NO7/c1-6-8-10-12-14-16-18-20-22-24-25-27-29-31-33-35-37-45(49)54-42-43(41-53-40-39-44(47(51)52)48(3,4)5)55-46(50)38-36-34-32-30-28-26-23-21-19-17-15-13-11-9-7-2/h8,10,14,16,20,22,25,27,31,33,43-44H,6-7,9,11-13,15,17-19,21,23-24,26,28-30,32,34-42H2,1-5H3/b10-8+,16-14+,22-20+,27-25+,33-31+. The molecule has 0 heterocycles. The van der Waals surface area contributed by atoms with Crippen molar-refractivity contribution in [2.24, 2.45) is 0 Å². The van der Waals surface area contributed by atoms with Gasteiger partial charge in [0.25, 0.3) is 0 Å². The summed E-state index contributed by atoms with van der Waals surface area (Å²) in [6.45, 7) is 4.47. The number of nitrogens with zero attached hydrogens (tertiary/aromatic N) is 1. The lowest BCUT2D eigenvalue weighted by molar-refractivity contribution is -0.889. The van der Waals surface area contributed by atoms with Gasteiger partial charge in [0.1, 0.15) is 12.6 Å². The van der Waals surface area contributed by atoms with E-state index in [-0.39, 0.29) is 49.1 Å². The number of unbranched alkanes of at least 4 members (excludes halogenated alkanes) is 14. The van der Waals surface area contributed by atoms with Gasteiger partial charge in [0.15, 0.2) is 6.10 Å². The monoisotopic (exact) mass is 772 g/mol. The lowest BCUT2D eigenvalue weighted by Crippen LogP contribution is -2.55. The molecule has 8 nitrogen and oxygen atoms in total. The lowest BCUT2D eigenvalue weighted by atomic mass is 10.0. The van der Waals surface area contributed by atoms with Crippen molar-refractivity contribution >= 4 is 17.9 Å². The second kappa shape index (κ2) is 37.9. The molecule has 55 heavy (non-hydrogen) atoms. The molecule has 8 heteroatoms.